The zero-order valence-corrected chi connectivity index (χ0v) is 17.4. The number of alkyl halides is 1. The summed E-state index contributed by atoms with van der Waals surface area (Å²) >= 11 is 5.98. The van der Waals surface area contributed by atoms with Gasteiger partial charge in [-0.2, -0.15) is 0 Å². The van der Waals surface area contributed by atoms with Crippen LogP contribution in [-0.4, -0.2) is 24.7 Å². The van der Waals surface area contributed by atoms with Crippen LogP contribution in [0.3, 0.4) is 0 Å². The first-order valence-corrected chi connectivity index (χ1v) is 9.99. The summed E-state index contributed by atoms with van der Waals surface area (Å²) in [5.41, 5.74) is 1.72. The topological polar surface area (TPSA) is 52.3 Å². The van der Waals surface area contributed by atoms with Gasteiger partial charge in [0.15, 0.2) is 0 Å². The molecular formula is C21H26Cl2F3NO2. The van der Waals surface area contributed by atoms with Gasteiger partial charge in [0.05, 0.1) is 20.7 Å². The fourth-order valence-electron chi connectivity index (χ4n) is 6.30. The third kappa shape index (κ3) is 3.35. The van der Waals surface area contributed by atoms with Crippen LogP contribution in [0, 0.1) is 22.5 Å². The number of hydrogen-bond acceptors (Lipinski definition) is 2. The number of benzene rings is 1. The van der Waals surface area contributed by atoms with E-state index >= 15 is 13.2 Å². The van der Waals surface area contributed by atoms with Crippen LogP contribution in [0.2, 0.25) is 5.02 Å². The number of fused-ring (bicyclic) bond motifs is 2. The Kier molecular flexibility index (Phi) is 4.93. The second-order valence-corrected chi connectivity index (χ2v) is 9.29. The zero-order chi connectivity index (χ0) is 22.8. The molecule has 0 saturated heterocycles. The van der Waals surface area contributed by atoms with E-state index in [4.69, 9.17) is 26.2 Å². The minimum Gasteiger partial charge on any atom is -0.381 e. The maximum absolute atomic E-state index is 15.3. The summed E-state index contributed by atoms with van der Waals surface area (Å²) in [5, 5.41) is -0.298. The molecule has 3 saturated carbocycles. The largest absolute Gasteiger partial charge is 0.381 e. The van der Waals surface area contributed by atoms with Crippen molar-refractivity contribution < 1.29 is 26.8 Å². The van der Waals surface area contributed by atoms with Gasteiger partial charge >= 0.3 is 0 Å². The molecule has 0 spiro atoms. The van der Waals surface area contributed by atoms with Crippen molar-refractivity contribution in [2.24, 2.45) is 16.6 Å². The fraction of sp³-hybridized carbons (Fsp3) is 0.667. The Labute approximate surface area is 184 Å². The Hall–Kier alpha value is -0.980. The van der Waals surface area contributed by atoms with Gasteiger partial charge in [-0.1, -0.05) is 11.6 Å². The molecular weight excluding hydrogens is 426 g/mol. The van der Waals surface area contributed by atoms with Crippen LogP contribution in [0.1, 0.15) is 67.0 Å². The van der Waals surface area contributed by atoms with Crippen LogP contribution < -0.4 is 5.73 Å². The highest BCUT2D eigenvalue weighted by molar-refractivity contribution is 6.30. The summed E-state index contributed by atoms with van der Waals surface area (Å²) in [4.78, 5) is 12.9. The van der Waals surface area contributed by atoms with Crippen LogP contribution in [0.5, 0.6) is 0 Å². The van der Waals surface area contributed by atoms with Gasteiger partial charge in [0, 0.05) is 18.5 Å². The van der Waals surface area contributed by atoms with E-state index in [-0.39, 0.29) is 61.5 Å². The van der Waals surface area contributed by atoms with Gasteiger partial charge < -0.3 is 10.5 Å². The molecule has 4 rings (SSSR count). The third-order valence-corrected chi connectivity index (χ3v) is 7.80. The van der Waals surface area contributed by atoms with Gasteiger partial charge in [-0.25, -0.2) is 13.2 Å². The van der Waals surface area contributed by atoms with Crippen LogP contribution in [-0.2, 0) is 9.53 Å². The molecule has 3 nitrogen and oxygen atoms in total. The molecule has 3 aliphatic rings. The molecule has 162 valence electrons. The molecule has 1 aromatic rings. The average molecular weight is 455 g/mol. The van der Waals surface area contributed by atoms with Crippen molar-refractivity contribution in [1.82, 2.24) is 0 Å². The van der Waals surface area contributed by atoms with Gasteiger partial charge in [-0.15, -0.1) is 12.4 Å². The molecule has 0 radical (unpaired) electrons. The summed E-state index contributed by atoms with van der Waals surface area (Å²) in [5.74, 6) is -3.71. The number of carbonyl (C=O) groups excluding carboxylic acids is 1. The Morgan fingerprint density at radius 3 is 2.55 bits per heavy atom. The molecule has 2 N–H and O–H groups in total. The molecule has 0 heterocycles. The number of rotatable bonds is 5. The monoisotopic (exact) mass is 454 g/mol. The van der Waals surface area contributed by atoms with Crippen molar-refractivity contribution in [3.8, 4) is 0 Å². The quantitative estimate of drug-likeness (QED) is 0.599. The van der Waals surface area contributed by atoms with Gasteiger partial charge in [0.2, 0.25) is 5.91 Å². The molecule has 3 fully saturated rings. The minimum atomic E-state index is -2.69. The van der Waals surface area contributed by atoms with E-state index in [0.717, 1.165) is 12.1 Å². The number of methoxy groups -OCH3 is 1. The standard InChI is InChI=1S/C21H25ClF3NO2.ClH/c1-28-12-4-5-21(10-12,18(26)27)17(15-14(23)3-2-13(22)16(15)24)19-6-8-20(25,11-19)9-7-19;/h2-3,12,17H,4-11H2,1H3,(H2,26,27);1H/t12?,17-,19?,20?,21?;/m0./s1/i1D3;. The minimum absolute atomic E-state index is 0. The summed E-state index contributed by atoms with van der Waals surface area (Å²) in [6, 6.07) is 2.14. The number of primary amides is 1. The molecule has 0 aliphatic heterocycles. The average Bonchev–Trinajstić information content (AvgIpc) is 3.32. The van der Waals surface area contributed by atoms with Crippen LogP contribution in [0.4, 0.5) is 13.2 Å². The van der Waals surface area contributed by atoms with Crippen molar-refractivity contribution in [3.63, 3.8) is 0 Å². The van der Waals surface area contributed by atoms with E-state index < -0.39 is 53.1 Å². The number of ether oxygens (including phenoxy) is 1. The second kappa shape index (κ2) is 7.61. The maximum Gasteiger partial charge on any atom is 0.224 e. The predicted octanol–water partition coefficient (Wildman–Crippen LogP) is 5.47. The van der Waals surface area contributed by atoms with Gasteiger partial charge in [-0.05, 0) is 68.9 Å². The third-order valence-electron chi connectivity index (χ3n) is 7.51. The van der Waals surface area contributed by atoms with Crippen molar-refractivity contribution in [3.05, 3.63) is 34.4 Å². The summed E-state index contributed by atoms with van der Waals surface area (Å²) in [6.07, 6.45) is 0.655. The lowest BCUT2D eigenvalue weighted by Gasteiger charge is -2.46. The molecule has 3 aliphatic carbocycles. The second-order valence-electron chi connectivity index (χ2n) is 8.88. The highest BCUT2D eigenvalue weighted by Crippen LogP contribution is 2.70. The van der Waals surface area contributed by atoms with Crippen LogP contribution in [0.15, 0.2) is 12.1 Å². The van der Waals surface area contributed by atoms with E-state index in [1.54, 1.807) is 0 Å². The van der Waals surface area contributed by atoms with E-state index in [0.29, 0.717) is 12.8 Å². The van der Waals surface area contributed by atoms with E-state index in [9.17, 15) is 4.79 Å². The van der Waals surface area contributed by atoms with Crippen LogP contribution >= 0.6 is 24.0 Å². The lowest BCUT2D eigenvalue weighted by Crippen LogP contribution is -2.47. The molecule has 2 unspecified atom stereocenters. The Morgan fingerprint density at radius 1 is 1.31 bits per heavy atom. The van der Waals surface area contributed by atoms with Crippen molar-refractivity contribution >= 4 is 29.9 Å². The number of nitrogens with two attached hydrogens (primary N) is 1. The normalized spacial score (nSPS) is 38.8. The smallest absolute Gasteiger partial charge is 0.224 e. The van der Waals surface area contributed by atoms with E-state index in [1.807, 2.05) is 0 Å². The highest BCUT2D eigenvalue weighted by atomic mass is 35.5. The number of carbonyl (C=O) groups is 1. The zero-order valence-electron chi connectivity index (χ0n) is 18.8. The summed E-state index contributed by atoms with van der Waals surface area (Å²) < 4.78 is 72.9. The maximum atomic E-state index is 15.3. The van der Waals surface area contributed by atoms with Crippen molar-refractivity contribution in [1.29, 1.82) is 0 Å². The lowest BCUT2D eigenvalue weighted by molar-refractivity contribution is -0.132. The van der Waals surface area contributed by atoms with Gasteiger partial charge in [0.1, 0.15) is 17.3 Å². The van der Waals surface area contributed by atoms with Gasteiger partial charge in [-0.3, -0.25) is 4.79 Å². The SMILES string of the molecule is Cl.[2H]C([2H])([2H])OC1CCC(C(N)=O)([C@@H](c2c(F)ccc(Cl)c2F)C23CCC(F)(CC2)C3)C1. The molecule has 29 heavy (non-hydrogen) atoms. The molecule has 1 aromatic carbocycles. The Balaban J connectivity index is 0.00000289. The molecule has 0 aromatic heterocycles. The molecule has 1 amide bonds. The Morgan fingerprint density at radius 2 is 2.00 bits per heavy atom. The fourth-order valence-corrected chi connectivity index (χ4v) is 6.47. The first-order chi connectivity index (χ1) is 14.3. The van der Waals surface area contributed by atoms with Gasteiger partial charge in [0.25, 0.3) is 0 Å². The van der Waals surface area contributed by atoms with E-state index in [1.165, 1.54) is 0 Å². The van der Waals surface area contributed by atoms with Crippen molar-refractivity contribution in [2.75, 3.05) is 7.04 Å². The Bertz CT molecular complexity index is 909. The molecule has 2 bridgehead atoms. The molecule has 3 atom stereocenters. The summed E-state index contributed by atoms with van der Waals surface area (Å²) in [6.45, 7) is 0. The number of hydrogen-bond donors (Lipinski definition) is 1. The van der Waals surface area contributed by atoms with Crippen molar-refractivity contribution in [2.45, 2.75) is 69.1 Å². The van der Waals surface area contributed by atoms with E-state index in [2.05, 4.69) is 0 Å². The molecule has 8 heteroatoms. The first kappa shape index (κ1) is 18.8. The highest BCUT2D eigenvalue weighted by Gasteiger charge is 2.65. The predicted molar refractivity (Wildman–Crippen MR) is 107 cm³/mol. The lowest BCUT2D eigenvalue weighted by atomic mass is 9.56. The summed E-state index contributed by atoms with van der Waals surface area (Å²) in [7, 11) is -2.69. The first-order valence-electron chi connectivity index (χ1n) is 11.1. The van der Waals surface area contributed by atoms with Crippen LogP contribution in [0.25, 0.3) is 0 Å². The number of halogens is 5. The number of amides is 1.